The number of nitrogens with one attached hydrogen (secondary N) is 1. The second kappa shape index (κ2) is 7.71. The number of rotatable bonds is 5. The van der Waals surface area contributed by atoms with Gasteiger partial charge in [0.15, 0.2) is 0 Å². The maximum atomic E-state index is 13.3. The molecule has 1 saturated heterocycles. The molecule has 0 spiro atoms. The van der Waals surface area contributed by atoms with E-state index < -0.39 is 12.1 Å². The number of benzene rings is 1. The minimum Gasteiger partial charge on any atom is -0.381 e. The molecule has 3 rings (SSSR count). The van der Waals surface area contributed by atoms with Crippen LogP contribution in [0.1, 0.15) is 31.7 Å². The number of hydrogen-bond donors (Lipinski definition) is 2. The van der Waals surface area contributed by atoms with Crippen molar-refractivity contribution in [1.29, 1.82) is 0 Å². The highest BCUT2D eigenvalue weighted by Gasteiger charge is 2.28. The molecule has 1 amide bonds. The monoisotopic (exact) mass is 348 g/mol. The summed E-state index contributed by atoms with van der Waals surface area (Å²) >= 11 is 0. The first kappa shape index (κ1) is 17.5. The Labute approximate surface area is 144 Å². The Hall–Kier alpha value is -2.32. The van der Waals surface area contributed by atoms with E-state index in [9.17, 15) is 9.18 Å². The number of halogens is 1. The van der Waals surface area contributed by atoms with Gasteiger partial charge in [0.2, 0.25) is 17.6 Å². The summed E-state index contributed by atoms with van der Waals surface area (Å²) in [4.78, 5) is 16.6. The quantitative estimate of drug-likeness (QED) is 0.854. The van der Waals surface area contributed by atoms with Crippen LogP contribution in [-0.2, 0) is 9.53 Å². The second-order valence-electron chi connectivity index (χ2n) is 6.17. The van der Waals surface area contributed by atoms with Crippen LogP contribution in [0.4, 0.5) is 4.39 Å². The predicted octanol–water partition coefficient (Wildman–Crippen LogP) is 1.81. The number of carbonyl (C=O) groups excluding carboxylic acids is 1. The van der Waals surface area contributed by atoms with Crippen molar-refractivity contribution in [3.05, 3.63) is 36.0 Å². The van der Waals surface area contributed by atoms with Gasteiger partial charge < -0.3 is 20.3 Å². The smallest absolute Gasteiger partial charge is 0.249 e. The Morgan fingerprint density at radius 2 is 2.16 bits per heavy atom. The first-order chi connectivity index (χ1) is 12.0. The van der Waals surface area contributed by atoms with Gasteiger partial charge in [-0.15, -0.1) is 0 Å². The molecule has 2 heterocycles. The number of ether oxygens (including phenoxy) is 1. The fourth-order valence-electron chi connectivity index (χ4n) is 2.82. The number of amides is 1. The van der Waals surface area contributed by atoms with Crippen molar-refractivity contribution in [3.63, 3.8) is 0 Å². The largest absolute Gasteiger partial charge is 0.381 e. The molecule has 0 bridgehead atoms. The van der Waals surface area contributed by atoms with Crippen molar-refractivity contribution in [1.82, 2.24) is 15.5 Å². The van der Waals surface area contributed by atoms with Gasteiger partial charge >= 0.3 is 0 Å². The molecular formula is C17H21FN4O3. The third-order valence-corrected chi connectivity index (χ3v) is 4.33. The summed E-state index contributed by atoms with van der Waals surface area (Å²) in [5.74, 6) is -0.0276. The molecule has 0 saturated carbocycles. The predicted molar refractivity (Wildman–Crippen MR) is 87.8 cm³/mol. The van der Waals surface area contributed by atoms with Crippen LogP contribution in [0.25, 0.3) is 11.4 Å². The number of hydrogen-bond acceptors (Lipinski definition) is 6. The standard InChI is InChI=1S/C17H21FN4O3/c1-10(20-16(23)14(19)11-5-7-24-8-6-11)17-21-15(22-25-17)12-3-2-4-13(18)9-12/h2-4,9-11,14H,5-8,19H2,1H3,(H,20,23). The van der Waals surface area contributed by atoms with Gasteiger partial charge in [-0.25, -0.2) is 4.39 Å². The van der Waals surface area contributed by atoms with Crippen molar-refractivity contribution < 1.29 is 18.4 Å². The molecule has 2 unspecified atom stereocenters. The molecule has 1 fully saturated rings. The van der Waals surface area contributed by atoms with Crippen LogP contribution in [0.15, 0.2) is 28.8 Å². The Morgan fingerprint density at radius 1 is 1.40 bits per heavy atom. The molecule has 0 radical (unpaired) electrons. The summed E-state index contributed by atoms with van der Waals surface area (Å²) in [6.07, 6.45) is 1.54. The topological polar surface area (TPSA) is 103 Å². The number of nitrogens with two attached hydrogens (primary N) is 1. The van der Waals surface area contributed by atoms with Crippen molar-refractivity contribution in [3.8, 4) is 11.4 Å². The highest BCUT2D eigenvalue weighted by Crippen LogP contribution is 2.21. The van der Waals surface area contributed by atoms with Crippen LogP contribution in [0, 0.1) is 11.7 Å². The fraction of sp³-hybridized carbons (Fsp3) is 0.471. The van der Waals surface area contributed by atoms with Gasteiger partial charge in [0.25, 0.3) is 0 Å². The third-order valence-electron chi connectivity index (χ3n) is 4.33. The van der Waals surface area contributed by atoms with Crippen LogP contribution in [-0.4, -0.2) is 35.3 Å². The van der Waals surface area contributed by atoms with Crippen molar-refractivity contribution in [2.24, 2.45) is 11.7 Å². The van der Waals surface area contributed by atoms with Gasteiger partial charge in [0.05, 0.1) is 6.04 Å². The molecule has 0 aliphatic carbocycles. The van der Waals surface area contributed by atoms with E-state index in [4.69, 9.17) is 15.0 Å². The van der Waals surface area contributed by atoms with E-state index in [2.05, 4.69) is 15.5 Å². The number of carbonyl (C=O) groups is 1. The van der Waals surface area contributed by atoms with E-state index in [0.29, 0.717) is 18.8 Å². The first-order valence-electron chi connectivity index (χ1n) is 8.28. The number of nitrogens with zero attached hydrogens (tertiary/aromatic N) is 2. The Balaban J connectivity index is 1.63. The molecule has 1 aromatic heterocycles. The van der Waals surface area contributed by atoms with Crippen molar-refractivity contribution in [2.75, 3.05) is 13.2 Å². The maximum Gasteiger partial charge on any atom is 0.249 e. The average molecular weight is 348 g/mol. The minimum absolute atomic E-state index is 0.103. The summed E-state index contributed by atoms with van der Waals surface area (Å²) in [6, 6.07) is 4.82. The van der Waals surface area contributed by atoms with Crippen molar-refractivity contribution >= 4 is 5.91 Å². The van der Waals surface area contributed by atoms with Crippen LogP contribution < -0.4 is 11.1 Å². The van der Waals surface area contributed by atoms with Crippen LogP contribution in [0.2, 0.25) is 0 Å². The first-order valence-corrected chi connectivity index (χ1v) is 8.28. The SMILES string of the molecule is CC(NC(=O)C(N)C1CCOCC1)c1nc(-c2cccc(F)c2)no1. The highest BCUT2D eigenvalue weighted by molar-refractivity contribution is 5.82. The zero-order chi connectivity index (χ0) is 17.8. The van der Waals surface area contributed by atoms with Gasteiger partial charge in [-0.3, -0.25) is 4.79 Å². The zero-order valence-electron chi connectivity index (χ0n) is 13.9. The molecule has 7 nitrogen and oxygen atoms in total. The van der Waals surface area contributed by atoms with Gasteiger partial charge in [-0.05, 0) is 37.8 Å². The third kappa shape index (κ3) is 4.21. The van der Waals surface area contributed by atoms with Gasteiger partial charge in [0.1, 0.15) is 11.9 Å². The van der Waals surface area contributed by atoms with Crippen molar-refractivity contribution in [2.45, 2.75) is 31.8 Å². The molecule has 3 N–H and O–H groups in total. The summed E-state index contributed by atoms with van der Waals surface area (Å²) in [5, 5.41) is 6.63. The zero-order valence-corrected chi connectivity index (χ0v) is 13.9. The van der Waals surface area contributed by atoms with E-state index in [-0.39, 0.29) is 29.4 Å². The van der Waals surface area contributed by atoms with E-state index in [1.165, 1.54) is 12.1 Å². The molecule has 25 heavy (non-hydrogen) atoms. The molecule has 1 aliphatic rings. The second-order valence-corrected chi connectivity index (χ2v) is 6.17. The van der Waals surface area contributed by atoms with E-state index in [1.807, 2.05) is 0 Å². The lowest BCUT2D eigenvalue weighted by Gasteiger charge is -2.27. The lowest BCUT2D eigenvalue weighted by Crippen LogP contribution is -2.47. The van der Waals surface area contributed by atoms with E-state index in [0.717, 1.165) is 12.8 Å². The minimum atomic E-state index is -0.600. The summed E-state index contributed by atoms with van der Waals surface area (Å²) in [5.41, 5.74) is 6.56. The maximum absolute atomic E-state index is 13.3. The average Bonchev–Trinajstić information content (AvgIpc) is 3.12. The molecule has 8 heteroatoms. The van der Waals surface area contributed by atoms with Crippen LogP contribution in [0.3, 0.4) is 0 Å². The summed E-state index contributed by atoms with van der Waals surface area (Å²) < 4.78 is 23.8. The fourth-order valence-corrected chi connectivity index (χ4v) is 2.82. The normalized spacial score (nSPS) is 17.9. The lowest BCUT2D eigenvalue weighted by atomic mass is 9.92. The summed E-state index contributed by atoms with van der Waals surface area (Å²) in [6.45, 7) is 2.99. The molecule has 1 aromatic carbocycles. The number of aromatic nitrogens is 2. The van der Waals surface area contributed by atoms with Gasteiger partial charge in [0, 0.05) is 18.8 Å². The Kier molecular flexibility index (Phi) is 5.40. The summed E-state index contributed by atoms with van der Waals surface area (Å²) in [7, 11) is 0. The molecular weight excluding hydrogens is 327 g/mol. The molecule has 134 valence electrons. The molecule has 2 atom stereocenters. The van der Waals surface area contributed by atoms with Gasteiger partial charge in [-0.1, -0.05) is 17.3 Å². The molecule has 2 aromatic rings. The lowest BCUT2D eigenvalue weighted by molar-refractivity contribution is -0.125. The molecule has 1 aliphatic heterocycles. The highest BCUT2D eigenvalue weighted by atomic mass is 19.1. The Morgan fingerprint density at radius 3 is 2.88 bits per heavy atom. The van der Waals surface area contributed by atoms with Crippen LogP contribution in [0.5, 0.6) is 0 Å². The Bertz CT molecular complexity index is 730. The van der Waals surface area contributed by atoms with Gasteiger partial charge in [-0.2, -0.15) is 4.98 Å². The van der Waals surface area contributed by atoms with Crippen LogP contribution >= 0.6 is 0 Å². The van der Waals surface area contributed by atoms with E-state index >= 15 is 0 Å². The van der Waals surface area contributed by atoms with E-state index in [1.54, 1.807) is 19.1 Å².